The fourth-order valence-electron chi connectivity index (χ4n) is 2.56. The van der Waals surface area contributed by atoms with E-state index in [0.29, 0.717) is 22.6 Å². The molecule has 0 bridgehead atoms. The quantitative estimate of drug-likeness (QED) is 0.325. The van der Waals surface area contributed by atoms with Gasteiger partial charge in [-0.15, -0.1) is 0 Å². The third kappa shape index (κ3) is 5.65. The molecule has 0 atom stereocenters. The van der Waals surface area contributed by atoms with E-state index in [9.17, 15) is 9.18 Å². The summed E-state index contributed by atoms with van der Waals surface area (Å²) < 4.78 is 24.0. The molecule has 3 aromatic rings. The van der Waals surface area contributed by atoms with Gasteiger partial charge in [-0.1, -0.05) is 22.9 Å². The number of ether oxygens (including phenoxy) is 2. The van der Waals surface area contributed by atoms with Crippen LogP contribution in [0.5, 0.6) is 11.5 Å². The summed E-state index contributed by atoms with van der Waals surface area (Å²) in [6, 6.07) is 18.2. The number of rotatable bonds is 7. The lowest BCUT2D eigenvalue weighted by molar-refractivity contribution is 0.0519. The third-order valence-corrected chi connectivity index (χ3v) is 4.14. The van der Waals surface area contributed by atoms with Gasteiger partial charge in [-0.2, -0.15) is 0 Å². The van der Waals surface area contributed by atoms with Crippen LogP contribution in [0.3, 0.4) is 0 Å². The number of methoxy groups -OCH3 is 1. The zero-order valence-corrected chi connectivity index (χ0v) is 16.1. The lowest BCUT2D eigenvalue weighted by Gasteiger charge is -2.11. The number of nitrogens with zero attached hydrogens (tertiary/aromatic N) is 1. The minimum atomic E-state index is -0.533. The molecule has 0 fully saturated rings. The predicted molar refractivity (Wildman–Crippen MR) is 108 cm³/mol. The fraction of sp³-hybridized carbons (Fsp3) is 0.130. The van der Waals surface area contributed by atoms with Gasteiger partial charge in [-0.3, -0.25) is 0 Å². The Morgan fingerprint density at radius 3 is 2.45 bits per heavy atom. The Labute approximate surface area is 168 Å². The van der Waals surface area contributed by atoms with Crippen molar-refractivity contribution in [2.24, 2.45) is 5.16 Å². The molecule has 0 aliphatic heterocycles. The van der Waals surface area contributed by atoms with Gasteiger partial charge in [0.1, 0.15) is 23.9 Å². The second-order valence-electron chi connectivity index (χ2n) is 6.29. The first-order chi connectivity index (χ1) is 14.0. The number of hydrogen-bond acceptors (Lipinski definition) is 5. The number of benzene rings is 3. The zero-order valence-electron chi connectivity index (χ0n) is 16.1. The van der Waals surface area contributed by atoms with Crippen molar-refractivity contribution in [1.82, 2.24) is 0 Å². The first-order valence-corrected chi connectivity index (χ1v) is 8.92. The Morgan fingerprint density at radius 2 is 1.76 bits per heavy atom. The van der Waals surface area contributed by atoms with Crippen LogP contribution in [0.25, 0.3) is 0 Å². The molecule has 148 valence electrons. The molecule has 0 aliphatic rings. The number of carbonyl (C=O) groups excluding carboxylic acids is 1. The maximum atomic E-state index is 13.0. The highest BCUT2D eigenvalue weighted by molar-refractivity contribution is 5.90. The van der Waals surface area contributed by atoms with E-state index in [1.54, 1.807) is 43.5 Å². The Morgan fingerprint density at radius 1 is 1.03 bits per heavy atom. The van der Waals surface area contributed by atoms with Crippen molar-refractivity contribution in [1.29, 1.82) is 0 Å². The van der Waals surface area contributed by atoms with Gasteiger partial charge in [0.15, 0.2) is 0 Å². The second kappa shape index (κ2) is 9.50. The predicted octanol–water partition coefficient (Wildman–Crippen LogP) is 4.91. The van der Waals surface area contributed by atoms with E-state index in [1.807, 2.05) is 25.1 Å². The molecule has 0 radical (unpaired) electrons. The van der Waals surface area contributed by atoms with Crippen molar-refractivity contribution < 1.29 is 23.5 Å². The first kappa shape index (κ1) is 20.1. The molecule has 0 saturated heterocycles. The summed E-state index contributed by atoms with van der Waals surface area (Å²) in [6.07, 6.45) is 1.44. The van der Waals surface area contributed by atoms with Crippen LogP contribution in [0.2, 0.25) is 0 Å². The molecule has 6 heteroatoms. The van der Waals surface area contributed by atoms with Crippen LogP contribution in [0.4, 0.5) is 4.39 Å². The van der Waals surface area contributed by atoms with Crippen molar-refractivity contribution >= 4 is 12.2 Å². The van der Waals surface area contributed by atoms with Crippen LogP contribution >= 0.6 is 0 Å². The summed E-state index contributed by atoms with van der Waals surface area (Å²) in [5, 5.41) is 3.77. The molecule has 0 aromatic heterocycles. The van der Waals surface area contributed by atoms with Gasteiger partial charge in [0.25, 0.3) is 0 Å². The molecular weight excluding hydrogens is 373 g/mol. The molecule has 3 rings (SSSR count). The van der Waals surface area contributed by atoms with E-state index < -0.39 is 5.97 Å². The number of halogens is 1. The SMILES string of the molecule is COc1ccc(/C=N\OC(=O)c2ccc(C)cc2)cc1COc1ccc(F)cc1. The lowest BCUT2D eigenvalue weighted by Crippen LogP contribution is -2.02. The van der Waals surface area contributed by atoms with Gasteiger partial charge in [-0.05, 0) is 67.1 Å². The summed E-state index contributed by atoms with van der Waals surface area (Å²) in [7, 11) is 1.56. The largest absolute Gasteiger partial charge is 0.496 e. The van der Waals surface area contributed by atoms with Crippen molar-refractivity contribution in [3.05, 3.63) is 94.8 Å². The summed E-state index contributed by atoms with van der Waals surface area (Å²) in [5.74, 6) is 0.323. The summed E-state index contributed by atoms with van der Waals surface area (Å²) in [5.41, 5.74) is 2.96. The molecular formula is C23H20FNO4. The minimum Gasteiger partial charge on any atom is -0.496 e. The van der Waals surface area contributed by atoms with Crippen LogP contribution in [0, 0.1) is 12.7 Å². The maximum Gasteiger partial charge on any atom is 0.365 e. The maximum absolute atomic E-state index is 13.0. The highest BCUT2D eigenvalue weighted by Gasteiger charge is 2.07. The number of hydrogen-bond donors (Lipinski definition) is 0. The van der Waals surface area contributed by atoms with Crippen molar-refractivity contribution in [3.8, 4) is 11.5 Å². The Kier molecular flexibility index (Phi) is 6.58. The topological polar surface area (TPSA) is 57.1 Å². The minimum absolute atomic E-state index is 0.222. The molecule has 0 saturated carbocycles. The molecule has 0 heterocycles. The van der Waals surface area contributed by atoms with Crippen LogP contribution in [0.15, 0.2) is 71.9 Å². The highest BCUT2D eigenvalue weighted by Crippen LogP contribution is 2.22. The Hall–Kier alpha value is -3.67. The average Bonchev–Trinajstić information content (AvgIpc) is 2.74. The third-order valence-electron chi connectivity index (χ3n) is 4.14. The van der Waals surface area contributed by atoms with Crippen molar-refractivity contribution in [2.45, 2.75) is 13.5 Å². The Balaban J connectivity index is 1.65. The van der Waals surface area contributed by atoms with E-state index in [2.05, 4.69) is 5.16 Å². The molecule has 29 heavy (non-hydrogen) atoms. The van der Waals surface area contributed by atoms with Crippen LogP contribution in [0.1, 0.15) is 27.0 Å². The molecule has 0 aliphatic carbocycles. The van der Waals surface area contributed by atoms with Gasteiger partial charge in [0.05, 0.1) is 18.9 Å². The van der Waals surface area contributed by atoms with E-state index in [0.717, 1.165) is 11.1 Å². The first-order valence-electron chi connectivity index (χ1n) is 8.92. The van der Waals surface area contributed by atoms with Gasteiger partial charge >= 0.3 is 5.97 Å². The van der Waals surface area contributed by atoms with Gasteiger partial charge in [0.2, 0.25) is 0 Å². The van der Waals surface area contributed by atoms with Crippen molar-refractivity contribution in [2.75, 3.05) is 7.11 Å². The summed E-state index contributed by atoms with van der Waals surface area (Å²) >= 11 is 0. The lowest BCUT2D eigenvalue weighted by atomic mass is 10.1. The monoisotopic (exact) mass is 393 g/mol. The zero-order chi connectivity index (χ0) is 20.6. The van der Waals surface area contributed by atoms with Crippen LogP contribution in [-0.2, 0) is 11.4 Å². The molecule has 0 unspecified atom stereocenters. The van der Waals surface area contributed by atoms with Gasteiger partial charge in [-0.25, -0.2) is 9.18 Å². The fourth-order valence-corrected chi connectivity index (χ4v) is 2.56. The highest BCUT2D eigenvalue weighted by atomic mass is 19.1. The summed E-state index contributed by atoms with van der Waals surface area (Å²) in [6.45, 7) is 2.16. The standard InChI is InChI=1S/C23H20FNO4/c1-16-3-6-18(7-4-16)23(26)29-25-14-17-5-12-22(27-2)19(13-17)15-28-21-10-8-20(24)9-11-21/h3-14H,15H2,1-2H3/b25-14-. The van der Waals surface area contributed by atoms with Crippen LogP contribution in [-0.4, -0.2) is 19.3 Å². The van der Waals surface area contributed by atoms with Crippen molar-refractivity contribution in [3.63, 3.8) is 0 Å². The molecule has 3 aromatic carbocycles. The van der Waals surface area contributed by atoms with Gasteiger partial charge in [0, 0.05) is 5.56 Å². The average molecular weight is 393 g/mol. The van der Waals surface area contributed by atoms with E-state index >= 15 is 0 Å². The Bertz CT molecular complexity index is 998. The van der Waals surface area contributed by atoms with E-state index in [4.69, 9.17) is 14.3 Å². The number of oxime groups is 1. The number of carbonyl (C=O) groups is 1. The van der Waals surface area contributed by atoms with Crippen LogP contribution < -0.4 is 9.47 Å². The summed E-state index contributed by atoms with van der Waals surface area (Å²) in [4.78, 5) is 16.9. The van der Waals surface area contributed by atoms with E-state index in [1.165, 1.54) is 18.3 Å². The van der Waals surface area contributed by atoms with Gasteiger partial charge < -0.3 is 14.3 Å². The molecule has 0 spiro atoms. The molecule has 5 nitrogen and oxygen atoms in total. The normalized spacial score (nSPS) is 10.7. The number of aryl methyl sites for hydroxylation is 1. The molecule has 0 amide bonds. The smallest absolute Gasteiger partial charge is 0.365 e. The van der Waals surface area contributed by atoms with E-state index in [-0.39, 0.29) is 12.4 Å². The molecule has 0 N–H and O–H groups in total. The second-order valence-corrected chi connectivity index (χ2v) is 6.29.